The third-order valence-corrected chi connectivity index (χ3v) is 2.17. The van der Waals surface area contributed by atoms with Crippen LogP contribution in [0.3, 0.4) is 0 Å². The van der Waals surface area contributed by atoms with E-state index in [1.165, 1.54) is 0 Å². The van der Waals surface area contributed by atoms with Crippen LogP contribution in [-0.2, 0) is 4.79 Å². The van der Waals surface area contributed by atoms with Crippen molar-refractivity contribution in [3.8, 4) is 5.75 Å². The normalized spacial score (nSPS) is 14.3. The fourth-order valence-electron chi connectivity index (χ4n) is 0.733. The van der Waals surface area contributed by atoms with Gasteiger partial charge in [-0.2, -0.15) is 12.6 Å². The van der Waals surface area contributed by atoms with Crippen molar-refractivity contribution in [2.45, 2.75) is 5.66 Å². The maximum absolute atomic E-state index is 10.8. The summed E-state index contributed by atoms with van der Waals surface area (Å²) in [4.78, 5) is 15.7. The third-order valence-electron chi connectivity index (χ3n) is 1.67. The van der Waals surface area contributed by atoms with Crippen LogP contribution in [-0.4, -0.2) is 22.5 Å². The summed E-state index contributed by atoms with van der Waals surface area (Å²) in [6, 6.07) is 9.31. The smallest absolute Gasteiger partial charge is 0.342 e. The number of hydroxylamine groups is 1. The summed E-state index contributed by atoms with van der Waals surface area (Å²) >= 11 is 3.83. The number of aliphatic carboxylic acids is 1. The molecule has 0 saturated heterocycles. The summed E-state index contributed by atoms with van der Waals surface area (Å²) in [5.74, 6) is -0.881. The van der Waals surface area contributed by atoms with E-state index < -0.39 is 11.6 Å². The van der Waals surface area contributed by atoms with Gasteiger partial charge < -0.3 is 15.7 Å². The number of nitrogens with one attached hydrogen (secondary N) is 1. The lowest BCUT2D eigenvalue weighted by Crippen LogP contribution is -2.62. The highest BCUT2D eigenvalue weighted by atomic mass is 32.1. The summed E-state index contributed by atoms with van der Waals surface area (Å²) in [6.07, 6.45) is 0. The number of hydrogen-bond donors (Lipinski definition) is 4. The van der Waals surface area contributed by atoms with Crippen molar-refractivity contribution in [2.75, 3.05) is 5.75 Å². The number of hydrogen-bond acceptors (Lipinski definition) is 5. The molecule has 0 bridgehead atoms. The van der Waals surface area contributed by atoms with E-state index in [2.05, 4.69) is 24.2 Å². The fraction of sp³-hybridized carbons (Fsp3) is 0.222. The zero-order chi connectivity index (χ0) is 11.3. The zero-order valence-electron chi connectivity index (χ0n) is 7.80. The van der Waals surface area contributed by atoms with Crippen LogP contribution in [0.2, 0.25) is 0 Å². The maximum Gasteiger partial charge on any atom is 0.342 e. The third kappa shape index (κ3) is 3.12. The minimum atomic E-state index is -1.71. The molecule has 0 aliphatic rings. The molecule has 0 unspecified atom stereocenters. The van der Waals surface area contributed by atoms with Crippen LogP contribution in [0.5, 0.6) is 5.75 Å². The first-order valence-electron chi connectivity index (χ1n) is 4.12. The first kappa shape index (κ1) is 11.8. The Morgan fingerprint density at radius 2 is 2.27 bits per heavy atom. The second kappa shape index (κ2) is 5.01. The number of carbonyl (C=O) groups is 1. The molecule has 0 aromatic heterocycles. The Balaban J connectivity index is 2.59. The fourth-order valence-corrected chi connectivity index (χ4v) is 0.933. The van der Waals surface area contributed by atoms with Crippen LogP contribution in [0.1, 0.15) is 0 Å². The highest BCUT2D eigenvalue weighted by Crippen LogP contribution is 2.08. The molecule has 6 heteroatoms. The van der Waals surface area contributed by atoms with Gasteiger partial charge in [0.2, 0.25) is 5.66 Å². The Morgan fingerprint density at radius 1 is 1.67 bits per heavy atom. The van der Waals surface area contributed by atoms with E-state index in [4.69, 9.17) is 15.7 Å². The maximum atomic E-state index is 10.8. The minimum absolute atomic E-state index is 0.0959. The molecule has 0 aliphatic heterocycles. The van der Waals surface area contributed by atoms with Gasteiger partial charge in [-0.05, 0) is 18.2 Å². The van der Waals surface area contributed by atoms with E-state index >= 15 is 0 Å². The highest BCUT2D eigenvalue weighted by molar-refractivity contribution is 7.80. The SMILES string of the molecule is N[C@@](CS)(NOc1cc[c]cc1)C(=O)O. The molecular formula is C9H11N2O3S. The zero-order valence-corrected chi connectivity index (χ0v) is 8.70. The Labute approximate surface area is 92.6 Å². The quantitative estimate of drug-likeness (QED) is 0.324. The van der Waals surface area contributed by atoms with Gasteiger partial charge in [0.05, 0.1) is 0 Å². The molecule has 1 radical (unpaired) electrons. The van der Waals surface area contributed by atoms with Crippen molar-refractivity contribution in [3.05, 3.63) is 30.3 Å². The van der Waals surface area contributed by atoms with E-state index in [1.807, 2.05) is 0 Å². The molecule has 1 aromatic carbocycles. The number of rotatable bonds is 5. The summed E-state index contributed by atoms with van der Waals surface area (Å²) in [5.41, 5.74) is 6.01. The molecule has 0 aliphatic carbocycles. The monoisotopic (exact) mass is 227 g/mol. The summed E-state index contributed by atoms with van der Waals surface area (Å²) < 4.78 is 0. The van der Waals surface area contributed by atoms with Crippen LogP contribution in [0.25, 0.3) is 0 Å². The van der Waals surface area contributed by atoms with Crippen molar-refractivity contribution >= 4 is 18.6 Å². The predicted octanol–water partition coefficient (Wildman–Crippen LogP) is 0.0396. The van der Waals surface area contributed by atoms with Gasteiger partial charge in [-0.3, -0.25) is 0 Å². The lowest BCUT2D eigenvalue weighted by Gasteiger charge is -2.23. The molecule has 0 heterocycles. The minimum Gasteiger partial charge on any atom is -0.479 e. The lowest BCUT2D eigenvalue weighted by atomic mass is 10.2. The first-order valence-corrected chi connectivity index (χ1v) is 4.75. The van der Waals surface area contributed by atoms with Crippen molar-refractivity contribution in [3.63, 3.8) is 0 Å². The molecule has 4 N–H and O–H groups in total. The lowest BCUT2D eigenvalue weighted by molar-refractivity contribution is -0.147. The molecular weight excluding hydrogens is 216 g/mol. The second-order valence-corrected chi connectivity index (χ2v) is 3.19. The number of carboxylic acid groups (broad SMARTS) is 1. The van der Waals surface area contributed by atoms with E-state index in [0.29, 0.717) is 5.75 Å². The van der Waals surface area contributed by atoms with Crippen molar-refractivity contribution in [1.82, 2.24) is 5.48 Å². The Morgan fingerprint density at radius 3 is 2.73 bits per heavy atom. The van der Waals surface area contributed by atoms with Gasteiger partial charge in [-0.25, -0.2) is 4.79 Å². The van der Waals surface area contributed by atoms with Crippen molar-refractivity contribution < 1.29 is 14.7 Å². The molecule has 0 saturated carbocycles. The van der Waals surface area contributed by atoms with E-state index in [0.717, 1.165) is 0 Å². The van der Waals surface area contributed by atoms with Crippen LogP contribution in [0, 0.1) is 6.07 Å². The van der Waals surface area contributed by atoms with Gasteiger partial charge >= 0.3 is 5.97 Å². The van der Waals surface area contributed by atoms with Crippen molar-refractivity contribution in [2.24, 2.45) is 5.73 Å². The average Bonchev–Trinajstić information content (AvgIpc) is 2.27. The Hall–Kier alpha value is -1.24. The summed E-state index contributed by atoms with van der Waals surface area (Å²) in [7, 11) is 0. The van der Waals surface area contributed by atoms with Crippen LogP contribution in [0.15, 0.2) is 24.3 Å². The number of carboxylic acids is 1. The molecule has 1 atom stereocenters. The van der Waals surface area contributed by atoms with Crippen LogP contribution < -0.4 is 16.1 Å². The van der Waals surface area contributed by atoms with E-state index in [1.54, 1.807) is 24.3 Å². The van der Waals surface area contributed by atoms with Crippen molar-refractivity contribution in [1.29, 1.82) is 0 Å². The van der Waals surface area contributed by atoms with E-state index in [9.17, 15) is 4.79 Å². The standard InChI is InChI=1S/C9H11N2O3S/c10-9(6-15,8(12)13)11-14-7-4-2-1-3-5-7/h2-5,11,15H,6,10H2,(H,12,13)/t9-/m0/s1. The molecule has 1 rings (SSSR count). The molecule has 0 spiro atoms. The average molecular weight is 227 g/mol. The van der Waals surface area contributed by atoms with Gasteiger partial charge in [0.1, 0.15) is 5.75 Å². The second-order valence-electron chi connectivity index (χ2n) is 2.87. The Bertz CT molecular complexity index is 333. The number of nitrogens with two attached hydrogens (primary N) is 1. The van der Waals surface area contributed by atoms with Crippen LogP contribution in [0.4, 0.5) is 0 Å². The number of benzene rings is 1. The largest absolute Gasteiger partial charge is 0.479 e. The highest BCUT2D eigenvalue weighted by Gasteiger charge is 2.33. The summed E-state index contributed by atoms with van der Waals surface area (Å²) in [6.45, 7) is 0. The van der Waals surface area contributed by atoms with Gasteiger partial charge in [-0.1, -0.05) is 12.1 Å². The predicted molar refractivity (Wildman–Crippen MR) is 57.4 cm³/mol. The molecule has 1 aromatic rings. The van der Waals surface area contributed by atoms with Gasteiger partial charge in [0.15, 0.2) is 0 Å². The molecule has 15 heavy (non-hydrogen) atoms. The first-order chi connectivity index (χ1) is 7.08. The molecule has 0 fully saturated rings. The van der Waals surface area contributed by atoms with Gasteiger partial charge in [0.25, 0.3) is 0 Å². The van der Waals surface area contributed by atoms with Gasteiger partial charge in [-0.15, -0.1) is 5.48 Å². The number of thiol groups is 1. The molecule has 81 valence electrons. The topological polar surface area (TPSA) is 84.6 Å². The van der Waals surface area contributed by atoms with E-state index in [-0.39, 0.29) is 5.75 Å². The molecule has 0 amide bonds. The Kier molecular flexibility index (Phi) is 3.96. The van der Waals surface area contributed by atoms with Gasteiger partial charge in [0, 0.05) is 5.75 Å². The summed E-state index contributed by atoms with van der Waals surface area (Å²) in [5, 5.41) is 8.79. The molecule has 5 nitrogen and oxygen atoms in total. The van der Waals surface area contributed by atoms with Crippen LogP contribution >= 0.6 is 12.6 Å².